The lowest BCUT2D eigenvalue weighted by atomic mass is 9.98. The van der Waals surface area contributed by atoms with Crippen LogP contribution in [0.5, 0.6) is 0 Å². The second-order valence-electron chi connectivity index (χ2n) is 19.2. The maximum Gasteiger partial charge on any atom is 0.303 e. The number of aromatic nitrogens is 3. The largest absolute Gasteiger partial charge is 0.481 e. The number of carbonyl (C=O) groups excluding carboxylic acids is 10. The Morgan fingerprint density at radius 3 is 1.89 bits per heavy atom. The number of aliphatic imine (C=N–C) groups is 1. The monoisotopic (exact) mass is 1180 g/mol. The summed E-state index contributed by atoms with van der Waals surface area (Å²) in [5.41, 5.74) is 19.6. The molecule has 440 valence electrons. The summed E-state index contributed by atoms with van der Waals surface area (Å²) in [4.78, 5) is 165. The van der Waals surface area contributed by atoms with Crippen molar-refractivity contribution in [3.05, 3.63) is 126 Å². The number of imidazole rings is 1. The second kappa shape index (κ2) is 31.1. The maximum absolute atomic E-state index is 14.9. The summed E-state index contributed by atoms with van der Waals surface area (Å²) in [6, 6.07) is 11.5. The van der Waals surface area contributed by atoms with Gasteiger partial charge in [0.25, 0.3) is 0 Å². The van der Waals surface area contributed by atoms with Crippen LogP contribution in [0.2, 0.25) is 0 Å². The first-order chi connectivity index (χ1) is 39.7. The lowest BCUT2D eigenvalue weighted by molar-refractivity contribution is -0.138. The van der Waals surface area contributed by atoms with Gasteiger partial charge in [-0.05, 0) is 36.5 Å². The second-order valence-corrected chi connectivity index (χ2v) is 21.7. The van der Waals surface area contributed by atoms with Crippen LogP contribution in [0.25, 0.3) is 10.9 Å². The number of H-pyrrole nitrogens is 2. The van der Waals surface area contributed by atoms with Gasteiger partial charge in [0.1, 0.15) is 42.3 Å². The van der Waals surface area contributed by atoms with E-state index in [1.165, 1.54) is 24.7 Å². The maximum atomic E-state index is 14.9. The van der Waals surface area contributed by atoms with Crippen LogP contribution in [0.3, 0.4) is 0 Å². The summed E-state index contributed by atoms with van der Waals surface area (Å²) in [7, 11) is 1.95. The number of primary amides is 1. The van der Waals surface area contributed by atoms with E-state index >= 15 is 0 Å². The number of nitrogens with two attached hydrogens (primary N) is 3. The number of nitrogens with zero attached hydrogens (tertiary/aromatic N) is 2. The normalized spacial score (nSPS) is 21.1. The molecule has 7 atom stereocenters. The molecule has 83 heavy (non-hydrogen) atoms. The van der Waals surface area contributed by atoms with Crippen molar-refractivity contribution in [2.24, 2.45) is 22.2 Å². The first-order valence-electron chi connectivity index (χ1n) is 26.1. The summed E-state index contributed by atoms with van der Waals surface area (Å²) in [5.74, 6) is -10.3. The smallest absolute Gasteiger partial charge is 0.303 e. The molecule has 9 amide bonds. The van der Waals surface area contributed by atoms with Gasteiger partial charge in [0.2, 0.25) is 53.2 Å². The topological polar surface area (TPSA) is 439 Å². The zero-order chi connectivity index (χ0) is 60.0. The van der Waals surface area contributed by atoms with Crippen molar-refractivity contribution >= 4 is 103 Å². The number of hydrogen-bond acceptors (Lipinski definition) is 15. The summed E-state index contributed by atoms with van der Waals surface area (Å²) in [5, 5.41) is 31.0. The molecule has 1 aliphatic rings. The van der Waals surface area contributed by atoms with E-state index in [9.17, 15) is 57.8 Å². The number of aliphatic carboxylic acids is 1. The molecule has 0 spiro atoms. The van der Waals surface area contributed by atoms with E-state index in [-0.39, 0.29) is 61.9 Å². The number of rotatable bonds is 17. The molecule has 0 saturated carbocycles. The van der Waals surface area contributed by atoms with Gasteiger partial charge >= 0.3 is 5.97 Å². The molecule has 3 heterocycles. The Morgan fingerprint density at radius 1 is 0.663 bits per heavy atom. The first kappa shape index (κ1) is 62.9. The average molecular weight is 1180 g/mol. The van der Waals surface area contributed by atoms with Crippen LogP contribution in [-0.4, -0.2) is 158 Å². The van der Waals surface area contributed by atoms with Gasteiger partial charge in [0.05, 0.1) is 12.9 Å². The Kier molecular flexibility index (Phi) is 23.6. The van der Waals surface area contributed by atoms with Crippen molar-refractivity contribution < 1.29 is 57.8 Å². The summed E-state index contributed by atoms with van der Waals surface area (Å²) in [6.07, 6.45) is 2.40. The lowest BCUT2D eigenvalue weighted by Crippen LogP contribution is -2.60. The molecule has 17 N–H and O–H groups in total. The number of hydrogen-bond donors (Lipinski definition) is 14. The van der Waals surface area contributed by atoms with Crippen LogP contribution in [0.1, 0.15) is 65.3 Å². The van der Waals surface area contributed by atoms with Gasteiger partial charge in [0, 0.05) is 90.8 Å². The summed E-state index contributed by atoms with van der Waals surface area (Å²) < 4.78 is 0. The number of carbonyl (C=O) groups is 11. The van der Waals surface area contributed by atoms with E-state index in [1.807, 2.05) is 0 Å². The molecule has 1 aliphatic heterocycles. The van der Waals surface area contributed by atoms with E-state index in [4.69, 9.17) is 17.2 Å². The number of fused-ring (bicyclic) bond motifs is 1. The summed E-state index contributed by atoms with van der Waals surface area (Å²) >= 11 is 0. The predicted molar refractivity (Wildman–Crippen MR) is 307 cm³/mol. The minimum atomic E-state index is -1.63. The number of nitrogens with one attached hydrogen (secondary N) is 10. The summed E-state index contributed by atoms with van der Waals surface area (Å²) in [6.45, 7) is 0.421. The van der Waals surface area contributed by atoms with Crippen molar-refractivity contribution in [3.63, 3.8) is 0 Å². The first-order valence-corrected chi connectivity index (χ1v) is 28.6. The standard InChI is InChI=1S/C54H65N15O12S2/c1-29(70)63-43-27-83-82-26-42(47(55)75)64-44(71)25-61-48(76)40(21-33-23-60-36-11-6-5-10-35(33)36)68-49(77)37(12-7-19-59-54(56)57)65-51(79)39(20-30-13-15-32(16-14-30)46(74)31-8-3-2-4-9-31)67-52(80)41(22-34-24-58-28-62-34)69-50(78)38(66-53(43)81)17-18-45(72)73/h2-6,8-11,13-16,23-24,28,37-43,60H,7,12,17-22,25-27H2,1H3,(H2,55,75)(H,58,62)(H,61,76)(H,63,70)(H,64,71)(H,65,79)(H,66,81)(H,67,80)(H,68,77)(H,69,78)(H,72,73)(H4,56,57,59)/t37-,38-,39+,40-,41-,42-,43-/m0/s1. The minimum Gasteiger partial charge on any atom is -0.481 e. The molecule has 5 aromatic rings. The third kappa shape index (κ3) is 19.8. The minimum absolute atomic E-state index is 0.00908. The van der Waals surface area contributed by atoms with Crippen LogP contribution in [0.4, 0.5) is 0 Å². The predicted octanol–water partition coefficient (Wildman–Crippen LogP) is -1.52. The number of guanidine groups is 1. The number of amides is 9. The van der Waals surface area contributed by atoms with Crippen LogP contribution in [0, 0.1) is 0 Å². The number of benzene rings is 3. The molecule has 29 heteroatoms. The molecule has 27 nitrogen and oxygen atoms in total. The average Bonchev–Trinajstić information content (AvgIpc) is 4.36. The highest BCUT2D eigenvalue weighted by Crippen LogP contribution is 2.24. The quantitative estimate of drug-likeness (QED) is 0.0165. The van der Waals surface area contributed by atoms with Crippen molar-refractivity contribution in [2.45, 2.75) is 94.2 Å². The molecule has 1 fully saturated rings. The Balaban J connectivity index is 1.41. The van der Waals surface area contributed by atoms with E-state index < -0.39 is 121 Å². The number of carboxylic acids is 1. The molecule has 3 aromatic carbocycles. The third-order valence-electron chi connectivity index (χ3n) is 12.9. The number of carboxylic acid groups (broad SMARTS) is 1. The molecule has 0 radical (unpaired) electrons. The molecule has 6 rings (SSSR count). The van der Waals surface area contributed by atoms with Gasteiger partial charge in [-0.15, -0.1) is 0 Å². The molecule has 0 unspecified atom stereocenters. The van der Waals surface area contributed by atoms with Crippen LogP contribution in [-0.2, 0) is 67.2 Å². The zero-order valence-corrected chi connectivity index (χ0v) is 46.6. The molecular weight excluding hydrogens is 1110 g/mol. The van der Waals surface area contributed by atoms with Gasteiger partial charge in [-0.3, -0.25) is 57.7 Å². The van der Waals surface area contributed by atoms with Crippen molar-refractivity contribution in [2.75, 3.05) is 24.6 Å². The van der Waals surface area contributed by atoms with E-state index in [2.05, 4.69) is 62.5 Å². The Bertz CT molecular complexity index is 3160. The molecular formula is C54H65N15O12S2. The van der Waals surface area contributed by atoms with Gasteiger partial charge in [-0.25, -0.2) is 4.98 Å². The highest BCUT2D eigenvalue weighted by atomic mass is 33.1. The highest BCUT2D eigenvalue weighted by Gasteiger charge is 2.35. The Labute approximate surface area is 483 Å². The van der Waals surface area contributed by atoms with Gasteiger partial charge in [0.15, 0.2) is 11.7 Å². The Hall–Kier alpha value is -9.25. The van der Waals surface area contributed by atoms with Crippen molar-refractivity contribution in [3.8, 4) is 0 Å². The molecule has 0 bridgehead atoms. The lowest BCUT2D eigenvalue weighted by Gasteiger charge is -2.28. The number of ketones is 1. The van der Waals surface area contributed by atoms with Gasteiger partial charge < -0.3 is 74.8 Å². The fourth-order valence-corrected chi connectivity index (χ4v) is 11.0. The van der Waals surface area contributed by atoms with E-state index in [0.29, 0.717) is 38.9 Å². The zero-order valence-electron chi connectivity index (χ0n) is 44.9. The fraction of sp³-hybridized carbons (Fsp3) is 0.352. The van der Waals surface area contributed by atoms with Crippen molar-refractivity contribution in [1.29, 1.82) is 0 Å². The molecule has 2 aromatic heterocycles. The third-order valence-corrected chi connectivity index (χ3v) is 15.3. The van der Waals surface area contributed by atoms with Crippen LogP contribution in [0.15, 0.2) is 103 Å². The van der Waals surface area contributed by atoms with E-state index in [1.54, 1.807) is 72.9 Å². The highest BCUT2D eigenvalue weighted by molar-refractivity contribution is 8.76. The van der Waals surface area contributed by atoms with Crippen LogP contribution >= 0.6 is 21.6 Å². The fourth-order valence-electron chi connectivity index (χ4n) is 8.61. The number of aromatic amines is 2. The van der Waals surface area contributed by atoms with Crippen LogP contribution < -0.4 is 59.7 Å². The molecule has 0 aliphatic carbocycles. The SMILES string of the molecule is CC(=O)N[C@H]1CSSC[C@@H](C(N)=O)NC(=O)CNC(=O)[C@H](Cc2c[nH]c3ccccc23)NC(=O)[C@H](CCCN=C(N)N)NC(=O)[C@@H](Cc2ccc(C(=O)c3ccccc3)cc2)NC(=O)[C@H](Cc2cnc[nH]2)NC(=O)[C@H](CCC(=O)O)NC1=O. The number of para-hydroxylation sites is 1. The van der Waals surface area contributed by atoms with E-state index in [0.717, 1.165) is 28.5 Å². The Morgan fingerprint density at radius 2 is 1.25 bits per heavy atom. The van der Waals surface area contributed by atoms with Crippen molar-refractivity contribution in [1.82, 2.24) is 57.5 Å². The van der Waals surface area contributed by atoms with Gasteiger partial charge in [-0.1, -0.05) is 94.4 Å². The molecule has 1 saturated heterocycles. The van der Waals surface area contributed by atoms with Gasteiger partial charge in [-0.2, -0.15) is 0 Å².